The van der Waals surface area contributed by atoms with Crippen molar-refractivity contribution >= 4 is 5.96 Å². The molecule has 1 heterocycles. The second-order valence-corrected chi connectivity index (χ2v) is 1.68. The van der Waals surface area contributed by atoms with Crippen molar-refractivity contribution in [2.75, 3.05) is 13.1 Å². The van der Waals surface area contributed by atoms with Crippen molar-refractivity contribution in [3.05, 3.63) is 0 Å². The Bertz CT molecular complexity index is 90.2. The lowest BCUT2D eigenvalue weighted by Crippen LogP contribution is -2.44. The van der Waals surface area contributed by atoms with E-state index in [0.717, 1.165) is 19.5 Å². The van der Waals surface area contributed by atoms with E-state index in [0.29, 0.717) is 5.96 Å². The lowest BCUT2D eigenvalue weighted by Gasteiger charge is -2.15. The van der Waals surface area contributed by atoms with Crippen LogP contribution in [0.15, 0.2) is 5.10 Å². The predicted octanol–water partition coefficient (Wildman–Crippen LogP) is -1.20. The Morgan fingerprint density at radius 1 is 1.38 bits per heavy atom. The molecule has 0 amide bonds. The van der Waals surface area contributed by atoms with Gasteiger partial charge in [0.1, 0.15) is 0 Å². The fourth-order valence-corrected chi connectivity index (χ4v) is 0.656. The molecule has 4 nitrogen and oxygen atoms in total. The van der Waals surface area contributed by atoms with Crippen LogP contribution in [0.3, 0.4) is 0 Å². The van der Waals surface area contributed by atoms with Gasteiger partial charge in [0.05, 0.1) is 0 Å². The molecule has 0 radical (unpaired) electrons. The van der Waals surface area contributed by atoms with E-state index in [-0.39, 0.29) is 0 Å². The highest BCUT2D eigenvalue weighted by molar-refractivity contribution is 5.79. The minimum absolute atomic E-state index is 0.705. The van der Waals surface area contributed by atoms with E-state index < -0.39 is 0 Å². The molecule has 1 fully saturated rings. The van der Waals surface area contributed by atoms with Crippen molar-refractivity contribution in [2.45, 2.75) is 6.42 Å². The van der Waals surface area contributed by atoms with E-state index in [9.17, 15) is 0 Å². The second kappa shape index (κ2) is 2.40. The third kappa shape index (κ3) is 1.02. The molecule has 4 N–H and O–H groups in total. The van der Waals surface area contributed by atoms with E-state index >= 15 is 0 Å². The van der Waals surface area contributed by atoms with Crippen molar-refractivity contribution in [1.82, 2.24) is 10.6 Å². The van der Waals surface area contributed by atoms with Crippen LogP contribution in [-0.4, -0.2) is 19.0 Å². The third-order valence-electron chi connectivity index (χ3n) is 1.07. The smallest absolute Gasteiger partial charge is 0.213 e. The molecule has 0 atom stereocenters. The topological polar surface area (TPSA) is 62.4 Å². The van der Waals surface area contributed by atoms with Gasteiger partial charge in [-0.15, -0.1) is 5.10 Å². The molecule has 46 valence electrons. The van der Waals surface area contributed by atoms with E-state index in [1.54, 1.807) is 0 Å². The summed E-state index contributed by atoms with van der Waals surface area (Å²) in [6.07, 6.45) is 1.14. The first kappa shape index (κ1) is 5.21. The maximum Gasteiger partial charge on any atom is 0.213 e. The van der Waals surface area contributed by atoms with Gasteiger partial charge in [-0.25, -0.2) is 0 Å². The zero-order valence-electron chi connectivity index (χ0n) is 4.65. The molecule has 0 saturated carbocycles. The maximum atomic E-state index is 4.97. The van der Waals surface area contributed by atoms with Gasteiger partial charge in [0.25, 0.3) is 0 Å². The molecule has 1 saturated heterocycles. The summed E-state index contributed by atoms with van der Waals surface area (Å²) in [4.78, 5) is 0. The largest absolute Gasteiger partial charge is 0.355 e. The van der Waals surface area contributed by atoms with Crippen LogP contribution in [0.5, 0.6) is 0 Å². The molecule has 0 spiro atoms. The molecule has 1 rings (SSSR count). The standard InChI is InChI=1S/C4H10N4/c5-8-4-6-2-1-3-7-4/h1-3,5H2,(H2,6,7,8). The van der Waals surface area contributed by atoms with Crippen molar-refractivity contribution in [2.24, 2.45) is 10.9 Å². The fraction of sp³-hybridized carbons (Fsp3) is 0.750. The summed E-state index contributed by atoms with van der Waals surface area (Å²) in [6.45, 7) is 1.95. The average molecular weight is 114 g/mol. The van der Waals surface area contributed by atoms with Gasteiger partial charge in [-0.3, -0.25) is 0 Å². The summed E-state index contributed by atoms with van der Waals surface area (Å²) in [5.41, 5.74) is 0. The molecular weight excluding hydrogens is 104 g/mol. The van der Waals surface area contributed by atoms with Gasteiger partial charge >= 0.3 is 0 Å². The van der Waals surface area contributed by atoms with Crippen LogP contribution in [0.1, 0.15) is 6.42 Å². The molecule has 8 heavy (non-hydrogen) atoms. The Morgan fingerprint density at radius 3 is 2.38 bits per heavy atom. The van der Waals surface area contributed by atoms with Crippen LogP contribution in [-0.2, 0) is 0 Å². The first-order chi connectivity index (χ1) is 3.93. The van der Waals surface area contributed by atoms with Gasteiger partial charge in [-0.2, -0.15) is 0 Å². The molecule has 0 aromatic carbocycles. The number of hydrazone groups is 1. The molecule has 0 aliphatic carbocycles. The van der Waals surface area contributed by atoms with E-state index in [1.807, 2.05) is 0 Å². The maximum absolute atomic E-state index is 4.97. The van der Waals surface area contributed by atoms with Crippen molar-refractivity contribution in [1.29, 1.82) is 0 Å². The number of rotatable bonds is 0. The summed E-state index contributed by atoms with van der Waals surface area (Å²) >= 11 is 0. The molecule has 0 aromatic rings. The Kier molecular flexibility index (Phi) is 1.56. The molecule has 0 bridgehead atoms. The molecule has 4 heteroatoms. The number of nitrogens with two attached hydrogens (primary N) is 1. The highest BCUT2D eigenvalue weighted by atomic mass is 15.3. The van der Waals surface area contributed by atoms with Gasteiger partial charge in [0.15, 0.2) is 0 Å². The van der Waals surface area contributed by atoms with Crippen LogP contribution < -0.4 is 16.5 Å². The van der Waals surface area contributed by atoms with Crippen LogP contribution in [0.25, 0.3) is 0 Å². The second-order valence-electron chi connectivity index (χ2n) is 1.68. The van der Waals surface area contributed by atoms with Crippen molar-refractivity contribution in [3.63, 3.8) is 0 Å². The average Bonchev–Trinajstić information content (AvgIpc) is 1.90. The first-order valence-corrected chi connectivity index (χ1v) is 2.69. The van der Waals surface area contributed by atoms with Crippen LogP contribution in [0, 0.1) is 0 Å². The molecule has 0 aromatic heterocycles. The Hall–Kier alpha value is -0.930. The number of nitrogens with one attached hydrogen (secondary N) is 2. The van der Waals surface area contributed by atoms with Crippen LogP contribution >= 0.6 is 0 Å². The monoisotopic (exact) mass is 114 g/mol. The normalized spacial score (nSPS) is 18.8. The zero-order chi connectivity index (χ0) is 5.82. The van der Waals surface area contributed by atoms with Crippen molar-refractivity contribution < 1.29 is 0 Å². The van der Waals surface area contributed by atoms with Crippen LogP contribution in [0.2, 0.25) is 0 Å². The Labute approximate surface area is 48.1 Å². The number of nitrogens with zero attached hydrogens (tertiary/aromatic N) is 1. The van der Waals surface area contributed by atoms with E-state index in [4.69, 9.17) is 5.84 Å². The number of hydrogen-bond acceptors (Lipinski definition) is 2. The molecule has 0 unspecified atom stereocenters. The summed E-state index contributed by atoms with van der Waals surface area (Å²) in [5.74, 6) is 5.67. The quantitative estimate of drug-likeness (QED) is 0.274. The Balaban J connectivity index is 2.33. The molecule has 1 aliphatic heterocycles. The number of hydrogen-bond donors (Lipinski definition) is 3. The SMILES string of the molecule is NN=C1NCCCN1. The highest BCUT2D eigenvalue weighted by Crippen LogP contribution is 1.79. The summed E-state index contributed by atoms with van der Waals surface area (Å²) < 4.78 is 0. The summed E-state index contributed by atoms with van der Waals surface area (Å²) in [7, 11) is 0. The van der Waals surface area contributed by atoms with E-state index in [1.165, 1.54) is 0 Å². The summed E-state index contributed by atoms with van der Waals surface area (Å²) in [5, 5.41) is 9.41. The van der Waals surface area contributed by atoms with E-state index in [2.05, 4.69) is 15.7 Å². The molecular formula is C4H10N4. The van der Waals surface area contributed by atoms with Crippen molar-refractivity contribution in [3.8, 4) is 0 Å². The lowest BCUT2D eigenvalue weighted by atomic mass is 10.4. The van der Waals surface area contributed by atoms with Gasteiger partial charge in [-0.1, -0.05) is 0 Å². The summed E-state index contributed by atoms with van der Waals surface area (Å²) in [6, 6.07) is 0. The number of guanidine groups is 1. The van der Waals surface area contributed by atoms with Crippen LogP contribution in [0.4, 0.5) is 0 Å². The highest BCUT2D eigenvalue weighted by Gasteiger charge is 2.00. The van der Waals surface area contributed by atoms with Gasteiger partial charge < -0.3 is 16.5 Å². The predicted molar refractivity (Wildman–Crippen MR) is 32.2 cm³/mol. The lowest BCUT2D eigenvalue weighted by molar-refractivity contribution is 0.664. The minimum atomic E-state index is 0.705. The zero-order valence-corrected chi connectivity index (χ0v) is 4.65. The minimum Gasteiger partial charge on any atom is -0.355 e. The van der Waals surface area contributed by atoms with Gasteiger partial charge in [-0.05, 0) is 6.42 Å². The fourth-order valence-electron chi connectivity index (χ4n) is 0.656. The molecule has 1 aliphatic rings. The van der Waals surface area contributed by atoms with Gasteiger partial charge in [0, 0.05) is 13.1 Å². The third-order valence-corrected chi connectivity index (χ3v) is 1.07. The van der Waals surface area contributed by atoms with Gasteiger partial charge in [0.2, 0.25) is 5.96 Å². The first-order valence-electron chi connectivity index (χ1n) is 2.69. The Morgan fingerprint density at radius 2 is 2.00 bits per heavy atom.